The van der Waals surface area contributed by atoms with Crippen molar-refractivity contribution in [2.45, 2.75) is 26.3 Å². The zero-order valence-electron chi connectivity index (χ0n) is 11.7. The van der Waals surface area contributed by atoms with Gasteiger partial charge in [0.25, 0.3) is 0 Å². The van der Waals surface area contributed by atoms with E-state index in [-0.39, 0.29) is 5.84 Å². The molecule has 5 nitrogen and oxygen atoms in total. The van der Waals surface area contributed by atoms with Crippen LogP contribution in [0.3, 0.4) is 0 Å². The van der Waals surface area contributed by atoms with Crippen molar-refractivity contribution < 1.29 is 4.74 Å². The molecule has 2 aromatic rings. The van der Waals surface area contributed by atoms with Crippen LogP contribution in [0.5, 0.6) is 5.75 Å². The first-order valence-corrected chi connectivity index (χ1v) is 6.78. The molecule has 0 saturated heterocycles. The number of nitrogens with one attached hydrogen (secondary N) is 1. The number of aromatic nitrogens is 2. The summed E-state index contributed by atoms with van der Waals surface area (Å²) in [5.74, 6) is 1.95. The molecule has 0 radical (unpaired) electrons. The minimum absolute atomic E-state index is 0.0687. The SMILES string of the molecule is CCCc1nccn1CCOc1ccc(C(=N)N)cc1. The molecule has 0 aliphatic heterocycles. The molecule has 3 N–H and O–H groups in total. The van der Waals surface area contributed by atoms with Gasteiger partial charge in [0.1, 0.15) is 24.0 Å². The maximum Gasteiger partial charge on any atom is 0.122 e. The monoisotopic (exact) mass is 272 g/mol. The molecular weight excluding hydrogens is 252 g/mol. The number of rotatable bonds is 7. The predicted molar refractivity (Wildman–Crippen MR) is 79.2 cm³/mol. The van der Waals surface area contributed by atoms with Crippen molar-refractivity contribution in [3.05, 3.63) is 48.0 Å². The number of amidine groups is 1. The summed E-state index contributed by atoms with van der Waals surface area (Å²) >= 11 is 0. The third-order valence-corrected chi connectivity index (χ3v) is 3.04. The second-order valence-corrected chi connectivity index (χ2v) is 4.57. The second kappa shape index (κ2) is 6.75. The lowest BCUT2D eigenvalue weighted by Crippen LogP contribution is -2.12. The number of hydrogen-bond acceptors (Lipinski definition) is 3. The summed E-state index contributed by atoms with van der Waals surface area (Å²) in [7, 11) is 0. The summed E-state index contributed by atoms with van der Waals surface area (Å²) < 4.78 is 7.81. The molecule has 1 aromatic heterocycles. The van der Waals surface area contributed by atoms with E-state index in [9.17, 15) is 0 Å². The van der Waals surface area contributed by atoms with Crippen LogP contribution in [-0.4, -0.2) is 22.0 Å². The number of aryl methyl sites for hydroxylation is 1. The molecule has 0 unspecified atom stereocenters. The Balaban J connectivity index is 1.86. The zero-order chi connectivity index (χ0) is 14.4. The Kier molecular flexibility index (Phi) is 4.76. The molecule has 0 aliphatic carbocycles. The summed E-state index contributed by atoms with van der Waals surface area (Å²) in [5, 5.41) is 7.33. The second-order valence-electron chi connectivity index (χ2n) is 4.57. The third kappa shape index (κ3) is 3.60. The predicted octanol–water partition coefficient (Wildman–Crippen LogP) is 2.20. The first kappa shape index (κ1) is 14.1. The van der Waals surface area contributed by atoms with E-state index in [4.69, 9.17) is 15.9 Å². The number of ether oxygens (including phenoxy) is 1. The number of imidazole rings is 1. The van der Waals surface area contributed by atoms with E-state index in [1.165, 1.54) is 0 Å². The molecular formula is C15H20N4O. The molecule has 0 bridgehead atoms. The first-order valence-electron chi connectivity index (χ1n) is 6.78. The molecule has 20 heavy (non-hydrogen) atoms. The van der Waals surface area contributed by atoms with Crippen LogP contribution in [0.25, 0.3) is 0 Å². The Labute approximate surface area is 118 Å². The maximum absolute atomic E-state index is 7.33. The van der Waals surface area contributed by atoms with Crippen LogP contribution in [-0.2, 0) is 13.0 Å². The number of benzene rings is 1. The van der Waals surface area contributed by atoms with E-state index >= 15 is 0 Å². The Hall–Kier alpha value is -2.30. The highest BCUT2D eigenvalue weighted by atomic mass is 16.5. The Morgan fingerprint density at radius 3 is 2.75 bits per heavy atom. The highest BCUT2D eigenvalue weighted by Gasteiger charge is 2.02. The highest BCUT2D eigenvalue weighted by Crippen LogP contribution is 2.12. The molecule has 0 fully saturated rings. The minimum atomic E-state index is 0.0687. The van der Waals surface area contributed by atoms with Crippen molar-refractivity contribution >= 4 is 5.84 Å². The number of nitrogens with two attached hydrogens (primary N) is 1. The maximum atomic E-state index is 7.33. The van der Waals surface area contributed by atoms with Crippen molar-refractivity contribution in [3.8, 4) is 5.75 Å². The van der Waals surface area contributed by atoms with E-state index in [2.05, 4.69) is 16.5 Å². The molecule has 5 heteroatoms. The van der Waals surface area contributed by atoms with Crippen LogP contribution in [0.15, 0.2) is 36.7 Å². The molecule has 2 rings (SSSR count). The zero-order valence-corrected chi connectivity index (χ0v) is 11.7. The molecule has 0 aliphatic rings. The summed E-state index contributed by atoms with van der Waals surface area (Å²) in [6.07, 6.45) is 5.88. The van der Waals surface area contributed by atoms with Gasteiger partial charge in [0.15, 0.2) is 0 Å². The van der Waals surface area contributed by atoms with Gasteiger partial charge in [0, 0.05) is 24.4 Å². The lowest BCUT2D eigenvalue weighted by molar-refractivity contribution is 0.296. The topological polar surface area (TPSA) is 76.9 Å². The van der Waals surface area contributed by atoms with Crippen LogP contribution < -0.4 is 10.5 Å². The van der Waals surface area contributed by atoms with Crippen LogP contribution in [0, 0.1) is 5.41 Å². The van der Waals surface area contributed by atoms with E-state index in [1.54, 1.807) is 12.1 Å². The van der Waals surface area contributed by atoms with Gasteiger partial charge in [-0.2, -0.15) is 0 Å². The summed E-state index contributed by atoms with van der Waals surface area (Å²) in [6, 6.07) is 7.24. The van der Waals surface area contributed by atoms with Gasteiger partial charge in [-0.05, 0) is 30.7 Å². The lowest BCUT2D eigenvalue weighted by atomic mass is 10.2. The molecule has 0 saturated carbocycles. The van der Waals surface area contributed by atoms with Crippen molar-refractivity contribution in [2.24, 2.45) is 5.73 Å². The highest BCUT2D eigenvalue weighted by molar-refractivity contribution is 5.94. The lowest BCUT2D eigenvalue weighted by Gasteiger charge is -2.09. The number of nitrogens with zero attached hydrogens (tertiary/aromatic N) is 2. The van der Waals surface area contributed by atoms with E-state index in [0.717, 1.165) is 31.0 Å². The summed E-state index contributed by atoms with van der Waals surface area (Å²) in [5.41, 5.74) is 6.11. The van der Waals surface area contributed by atoms with Gasteiger partial charge < -0.3 is 15.0 Å². The van der Waals surface area contributed by atoms with Gasteiger partial charge in [0.05, 0.1) is 6.54 Å². The molecule has 1 heterocycles. The molecule has 0 atom stereocenters. The van der Waals surface area contributed by atoms with Gasteiger partial charge in [-0.1, -0.05) is 6.92 Å². The van der Waals surface area contributed by atoms with Crippen molar-refractivity contribution in [1.29, 1.82) is 5.41 Å². The fraction of sp³-hybridized carbons (Fsp3) is 0.333. The van der Waals surface area contributed by atoms with E-state index in [1.807, 2.05) is 24.5 Å². The van der Waals surface area contributed by atoms with Gasteiger partial charge >= 0.3 is 0 Å². The van der Waals surface area contributed by atoms with Crippen molar-refractivity contribution in [2.75, 3.05) is 6.61 Å². The average molecular weight is 272 g/mol. The van der Waals surface area contributed by atoms with Gasteiger partial charge in [-0.3, -0.25) is 5.41 Å². The average Bonchev–Trinajstić information content (AvgIpc) is 2.87. The van der Waals surface area contributed by atoms with Crippen molar-refractivity contribution in [3.63, 3.8) is 0 Å². The standard InChI is InChI=1S/C15H20N4O/c1-2-3-14-18-8-9-19(14)10-11-20-13-6-4-12(5-7-13)15(16)17/h4-9H,2-3,10-11H2,1H3,(H3,16,17). The van der Waals surface area contributed by atoms with Crippen LogP contribution >= 0.6 is 0 Å². The quantitative estimate of drug-likeness (QED) is 0.599. The summed E-state index contributed by atoms with van der Waals surface area (Å²) in [6.45, 7) is 3.52. The van der Waals surface area contributed by atoms with Gasteiger partial charge in [-0.15, -0.1) is 0 Å². The Morgan fingerprint density at radius 1 is 1.35 bits per heavy atom. The molecule has 106 valence electrons. The van der Waals surface area contributed by atoms with E-state index < -0.39 is 0 Å². The smallest absolute Gasteiger partial charge is 0.122 e. The minimum Gasteiger partial charge on any atom is -0.492 e. The van der Waals surface area contributed by atoms with E-state index in [0.29, 0.717) is 12.2 Å². The number of nitrogen functional groups attached to an aromatic ring is 1. The summed E-state index contributed by atoms with van der Waals surface area (Å²) in [4.78, 5) is 4.33. The fourth-order valence-electron chi connectivity index (χ4n) is 1.99. The third-order valence-electron chi connectivity index (χ3n) is 3.04. The molecule has 0 spiro atoms. The van der Waals surface area contributed by atoms with Gasteiger partial charge in [0.2, 0.25) is 0 Å². The normalized spacial score (nSPS) is 10.4. The van der Waals surface area contributed by atoms with Crippen LogP contribution in [0.1, 0.15) is 24.7 Å². The van der Waals surface area contributed by atoms with Crippen molar-refractivity contribution in [1.82, 2.24) is 9.55 Å². The first-order chi connectivity index (χ1) is 9.70. The van der Waals surface area contributed by atoms with Gasteiger partial charge in [-0.25, -0.2) is 4.98 Å². The van der Waals surface area contributed by atoms with Crippen LogP contribution in [0.2, 0.25) is 0 Å². The fourth-order valence-corrected chi connectivity index (χ4v) is 1.99. The molecule has 1 aromatic carbocycles. The van der Waals surface area contributed by atoms with Crippen LogP contribution in [0.4, 0.5) is 0 Å². The Morgan fingerprint density at radius 2 is 2.10 bits per heavy atom. The largest absolute Gasteiger partial charge is 0.492 e. The number of hydrogen-bond donors (Lipinski definition) is 2. The Bertz CT molecular complexity index is 560. The molecule has 0 amide bonds.